The van der Waals surface area contributed by atoms with E-state index in [0.29, 0.717) is 6.42 Å². The van der Waals surface area contributed by atoms with Crippen LogP contribution in [0.15, 0.2) is 11.3 Å². The number of carbonyl (C=O) groups excluding carboxylic acids is 2. The smallest absolute Gasteiger partial charge is 0.259 e. The molecule has 0 spiro atoms. The molecule has 1 amide bonds. The first-order valence-corrected chi connectivity index (χ1v) is 6.17. The second kappa shape index (κ2) is 6.20. The highest BCUT2D eigenvalue weighted by molar-refractivity contribution is 6.27. The minimum Gasteiger partial charge on any atom is -0.512 e. The Labute approximate surface area is 106 Å². The summed E-state index contributed by atoms with van der Waals surface area (Å²) in [5, 5.41) is 20.9. The van der Waals surface area contributed by atoms with Gasteiger partial charge in [-0.15, -0.1) is 0 Å². The normalized spacial score (nSPS) is 23.5. The van der Waals surface area contributed by atoms with Crippen LogP contribution in [0.25, 0.3) is 0 Å². The van der Waals surface area contributed by atoms with Crippen LogP contribution in [-0.2, 0) is 9.59 Å². The topological polar surface area (TPSA) is 90.2 Å². The largest absolute Gasteiger partial charge is 0.512 e. The fourth-order valence-corrected chi connectivity index (χ4v) is 2.09. The van der Waals surface area contributed by atoms with Crippen molar-refractivity contribution in [2.45, 2.75) is 45.6 Å². The zero-order valence-electron chi connectivity index (χ0n) is 10.7. The summed E-state index contributed by atoms with van der Waals surface area (Å²) < 4.78 is 0. The first-order chi connectivity index (χ1) is 8.52. The van der Waals surface area contributed by atoms with Crippen LogP contribution in [0.3, 0.4) is 0 Å². The Hall–Kier alpha value is -1.83. The molecule has 0 saturated carbocycles. The quantitative estimate of drug-likeness (QED) is 0.335. The SMILES string of the molecule is CCCCCC(C#N)C1NC(=O)C(=C(C)O)C1=O. The molecule has 1 rings (SSSR count). The lowest BCUT2D eigenvalue weighted by Gasteiger charge is -2.14. The number of hydrogen-bond acceptors (Lipinski definition) is 4. The van der Waals surface area contributed by atoms with Gasteiger partial charge in [-0.05, 0) is 13.3 Å². The van der Waals surface area contributed by atoms with Gasteiger partial charge in [0.05, 0.1) is 12.0 Å². The highest BCUT2D eigenvalue weighted by Crippen LogP contribution is 2.22. The summed E-state index contributed by atoms with van der Waals surface area (Å²) in [6, 6.07) is 1.26. The molecule has 98 valence electrons. The molecule has 5 nitrogen and oxygen atoms in total. The van der Waals surface area contributed by atoms with Gasteiger partial charge in [0.25, 0.3) is 5.91 Å². The van der Waals surface area contributed by atoms with E-state index in [-0.39, 0.29) is 11.3 Å². The van der Waals surface area contributed by atoms with Gasteiger partial charge in [-0.2, -0.15) is 5.26 Å². The van der Waals surface area contributed by atoms with Crippen LogP contribution in [0.2, 0.25) is 0 Å². The molecule has 1 saturated heterocycles. The van der Waals surface area contributed by atoms with E-state index in [2.05, 4.69) is 18.3 Å². The molecular formula is C13H18N2O3. The third kappa shape index (κ3) is 2.89. The lowest BCUT2D eigenvalue weighted by molar-refractivity contribution is -0.117. The van der Waals surface area contributed by atoms with Crippen LogP contribution in [-0.4, -0.2) is 22.8 Å². The number of amides is 1. The number of aliphatic hydroxyl groups excluding tert-OH is 1. The Kier molecular flexibility index (Phi) is 4.90. The van der Waals surface area contributed by atoms with E-state index in [4.69, 9.17) is 5.26 Å². The number of ketones is 1. The molecule has 1 heterocycles. The Bertz CT molecular complexity index is 416. The molecule has 1 aliphatic rings. The lowest BCUT2D eigenvalue weighted by atomic mass is 9.92. The van der Waals surface area contributed by atoms with Gasteiger partial charge < -0.3 is 10.4 Å². The monoisotopic (exact) mass is 250 g/mol. The average Bonchev–Trinajstić information content (AvgIpc) is 2.60. The zero-order chi connectivity index (χ0) is 13.7. The van der Waals surface area contributed by atoms with Crippen molar-refractivity contribution in [1.82, 2.24) is 5.32 Å². The van der Waals surface area contributed by atoms with Gasteiger partial charge in [0.2, 0.25) is 0 Å². The van der Waals surface area contributed by atoms with Crippen LogP contribution in [0.4, 0.5) is 0 Å². The van der Waals surface area contributed by atoms with Gasteiger partial charge in [-0.25, -0.2) is 0 Å². The maximum Gasteiger partial charge on any atom is 0.259 e. The summed E-state index contributed by atoms with van der Waals surface area (Å²) in [6.45, 7) is 3.35. The molecule has 0 aromatic rings. The number of nitrogens with one attached hydrogen (secondary N) is 1. The van der Waals surface area contributed by atoms with Crippen molar-refractivity contribution >= 4 is 11.7 Å². The van der Waals surface area contributed by atoms with Crippen molar-refractivity contribution in [1.29, 1.82) is 5.26 Å². The van der Waals surface area contributed by atoms with Crippen molar-refractivity contribution < 1.29 is 14.7 Å². The first kappa shape index (κ1) is 14.2. The van der Waals surface area contributed by atoms with Gasteiger partial charge in [0.1, 0.15) is 17.4 Å². The highest BCUT2D eigenvalue weighted by Gasteiger charge is 2.41. The predicted octanol–water partition coefficient (Wildman–Crippen LogP) is 1.61. The Morgan fingerprint density at radius 3 is 2.61 bits per heavy atom. The number of aliphatic hydroxyl groups is 1. The Balaban J connectivity index is 2.79. The van der Waals surface area contributed by atoms with Crippen molar-refractivity contribution in [2.24, 2.45) is 5.92 Å². The fourth-order valence-electron chi connectivity index (χ4n) is 2.09. The summed E-state index contributed by atoms with van der Waals surface area (Å²) in [5.41, 5.74) is -0.212. The van der Waals surface area contributed by atoms with Gasteiger partial charge in [0.15, 0.2) is 5.78 Å². The number of carbonyl (C=O) groups is 2. The number of allylic oxidation sites excluding steroid dienone is 1. The highest BCUT2D eigenvalue weighted by atomic mass is 16.3. The molecule has 2 atom stereocenters. The average molecular weight is 250 g/mol. The zero-order valence-corrected chi connectivity index (χ0v) is 10.7. The Morgan fingerprint density at radius 1 is 1.50 bits per heavy atom. The molecule has 0 bridgehead atoms. The summed E-state index contributed by atoms with van der Waals surface area (Å²) in [4.78, 5) is 23.5. The van der Waals surface area contributed by atoms with Gasteiger partial charge in [0, 0.05) is 0 Å². The number of hydrogen-bond donors (Lipinski definition) is 2. The summed E-state index contributed by atoms with van der Waals surface area (Å²) >= 11 is 0. The number of nitrogens with zero attached hydrogens (tertiary/aromatic N) is 1. The van der Waals surface area contributed by atoms with E-state index in [0.717, 1.165) is 19.3 Å². The summed E-state index contributed by atoms with van der Waals surface area (Å²) in [5.74, 6) is -1.86. The molecule has 2 unspecified atom stereocenters. The van der Waals surface area contributed by atoms with Crippen LogP contribution in [0.1, 0.15) is 39.5 Å². The van der Waals surface area contributed by atoms with E-state index in [1.807, 2.05) is 0 Å². The molecule has 5 heteroatoms. The maximum atomic E-state index is 11.9. The standard InChI is InChI=1S/C13H18N2O3/c1-3-4-5-6-9(7-14)11-12(17)10(8(2)16)13(18)15-11/h9,11,16H,3-6H2,1-2H3,(H,15,18). The molecule has 0 aromatic heterocycles. The van der Waals surface area contributed by atoms with Crippen molar-refractivity contribution in [3.05, 3.63) is 11.3 Å². The van der Waals surface area contributed by atoms with Gasteiger partial charge >= 0.3 is 0 Å². The second-order valence-corrected chi connectivity index (χ2v) is 4.51. The van der Waals surface area contributed by atoms with Gasteiger partial charge in [-0.3, -0.25) is 9.59 Å². The van der Waals surface area contributed by atoms with Crippen LogP contribution in [0.5, 0.6) is 0 Å². The molecule has 1 fully saturated rings. The first-order valence-electron chi connectivity index (χ1n) is 6.17. The van der Waals surface area contributed by atoms with Crippen molar-refractivity contribution in [2.75, 3.05) is 0 Å². The van der Waals surface area contributed by atoms with Crippen LogP contribution < -0.4 is 5.32 Å². The predicted molar refractivity (Wildman–Crippen MR) is 65.5 cm³/mol. The number of unbranched alkanes of at least 4 members (excludes halogenated alkanes) is 2. The minimum absolute atomic E-state index is 0.212. The molecule has 0 aromatic carbocycles. The minimum atomic E-state index is -0.809. The van der Waals surface area contributed by atoms with Crippen molar-refractivity contribution in [3.8, 4) is 6.07 Å². The van der Waals surface area contributed by atoms with Crippen molar-refractivity contribution in [3.63, 3.8) is 0 Å². The molecular weight excluding hydrogens is 232 g/mol. The molecule has 1 aliphatic heterocycles. The number of nitriles is 1. The number of rotatable bonds is 5. The van der Waals surface area contributed by atoms with Crippen LogP contribution in [0, 0.1) is 17.2 Å². The Morgan fingerprint density at radius 2 is 2.17 bits per heavy atom. The van der Waals surface area contributed by atoms with Crippen LogP contribution >= 0.6 is 0 Å². The molecule has 0 radical (unpaired) electrons. The fraction of sp³-hybridized carbons (Fsp3) is 0.615. The third-order valence-corrected chi connectivity index (χ3v) is 3.09. The second-order valence-electron chi connectivity index (χ2n) is 4.51. The summed E-state index contributed by atoms with van der Waals surface area (Å²) in [7, 11) is 0. The van der Waals surface area contributed by atoms with E-state index in [1.54, 1.807) is 0 Å². The van der Waals surface area contributed by atoms with Gasteiger partial charge in [-0.1, -0.05) is 26.2 Å². The maximum absolute atomic E-state index is 11.9. The van der Waals surface area contributed by atoms with E-state index < -0.39 is 23.7 Å². The summed E-state index contributed by atoms with van der Waals surface area (Å²) in [6.07, 6.45) is 3.46. The third-order valence-electron chi connectivity index (χ3n) is 3.09. The molecule has 2 N–H and O–H groups in total. The number of Topliss-reactive ketones (excluding diaryl/α,β-unsaturated/α-hetero) is 1. The van der Waals surface area contributed by atoms with E-state index in [1.165, 1.54) is 6.92 Å². The molecule has 0 aliphatic carbocycles. The van der Waals surface area contributed by atoms with E-state index >= 15 is 0 Å². The van der Waals surface area contributed by atoms with E-state index in [9.17, 15) is 14.7 Å². The lowest BCUT2D eigenvalue weighted by Crippen LogP contribution is -2.36. The molecule has 18 heavy (non-hydrogen) atoms.